The number of amides is 4. The maximum Gasteiger partial charge on any atom is 0.457 e. The first kappa shape index (κ1) is 111. The van der Waals surface area contributed by atoms with Crippen molar-refractivity contribution in [2.24, 2.45) is 0 Å². The number of fused-ring (bicyclic) bond motifs is 12. The molecule has 0 unspecified atom stereocenters. The van der Waals surface area contributed by atoms with Crippen LogP contribution < -0.4 is 21.3 Å². The van der Waals surface area contributed by atoms with Crippen LogP contribution in [0.2, 0.25) is 6.32 Å². The van der Waals surface area contributed by atoms with Crippen LogP contribution in [0.3, 0.4) is 0 Å². The number of rotatable bonds is 71. The summed E-state index contributed by atoms with van der Waals surface area (Å²) in [5.74, 6) is -3.30. The van der Waals surface area contributed by atoms with Crippen molar-refractivity contribution in [3.05, 3.63) is 35.7 Å². The molecule has 48 heteroatoms. The molecule has 10 aliphatic heterocycles. The van der Waals surface area contributed by atoms with Gasteiger partial charge in [0.25, 0.3) is 0 Å². The Morgan fingerprint density at radius 1 is 0.364 bits per heavy atom. The zero-order valence-electron chi connectivity index (χ0n) is 83.9. The number of Topliss-reactive ketones (excluding diaryl/α,β-unsaturated/α-hetero) is 1. The van der Waals surface area contributed by atoms with Crippen molar-refractivity contribution >= 4 is 36.5 Å². The summed E-state index contributed by atoms with van der Waals surface area (Å²) in [5, 5.41) is 38.1. The number of nitrogens with one attached hydrogen (secondary N) is 4. The number of hydrogen-bond acceptors (Lipinski definition) is 40. The van der Waals surface area contributed by atoms with Crippen LogP contribution in [0.4, 0.5) is 0 Å². The fraction of sp³-hybridized carbons (Fsp3) is 0.880. The topological polar surface area (TPSA) is 493 Å². The first-order valence-electron chi connectivity index (χ1n) is 49.5. The number of aromatic nitrogens is 9. The highest BCUT2D eigenvalue weighted by Gasteiger charge is 2.69. The molecule has 13 heterocycles. The van der Waals surface area contributed by atoms with E-state index < -0.39 is 113 Å². The van der Waals surface area contributed by atoms with Crippen LogP contribution in [0, 0.1) is 0 Å². The fourth-order valence-electron chi connectivity index (χ4n) is 18.4. The van der Waals surface area contributed by atoms with Crippen molar-refractivity contribution in [3.8, 4) is 0 Å². The third-order valence-electron chi connectivity index (χ3n) is 25.7. The molecule has 3 aromatic rings. The average molecular weight is 2000 g/mol. The zero-order valence-corrected chi connectivity index (χ0v) is 83.9. The van der Waals surface area contributed by atoms with Gasteiger partial charge in [0.2, 0.25) is 23.6 Å². The van der Waals surface area contributed by atoms with E-state index in [1.165, 1.54) is 20.8 Å². The second kappa shape index (κ2) is 53.0. The van der Waals surface area contributed by atoms with Gasteiger partial charge in [-0.2, -0.15) is 0 Å². The Morgan fingerprint density at radius 3 is 0.957 bits per heavy atom. The molecule has 4 amide bonds. The minimum absolute atomic E-state index is 0.0125. The first-order chi connectivity index (χ1) is 67.2. The van der Waals surface area contributed by atoms with Gasteiger partial charge < -0.3 is 158 Å². The van der Waals surface area contributed by atoms with E-state index in [9.17, 15) is 24.0 Å². The molecule has 0 aliphatic carbocycles. The number of carbonyl (C=O) groups is 5. The summed E-state index contributed by atoms with van der Waals surface area (Å²) in [6.45, 7) is 32.6. The second-order valence-corrected chi connectivity index (χ2v) is 39.5. The van der Waals surface area contributed by atoms with Crippen molar-refractivity contribution < 1.29 is 161 Å². The maximum atomic E-state index is 14.4. The van der Waals surface area contributed by atoms with E-state index >= 15 is 0 Å². The normalized spacial score (nSPS) is 27.9. The Morgan fingerprint density at radius 2 is 0.650 bits per heavy atom. The molecule has 3 aromatic heterocycles. The van der Waals surface area contributed by atoms with Gasteiger partial charge in [-0.3, -0.25) is 24.0 Å². The Balaban J connectivity index is 0.542. The van der Waals surface area contributed by atoms with Crippen LogP contribution in [-0.4, -0.2) is 404 Å². The summed E-state index contributed by atoms with van der Waals surface area (Å²) in [7, 11) is -0.244. The number of hydrogen-bond donors (Lipinski definition) is 4. The third-order valence-corrected chi connectivity index (χ3v) is 25.7. The highest BCUT2D eigenvalue weighted by Crippen LogP contribution is 2.50. The van der Waals surface area contributed by atoms with E-state index in [2.05, 4.69) is 79.9 Å². The van der Waals surface area contributed by atoms with E-state index in [1.54, 1.807) is 32.6 Å². The average Bonchev–Trinajstić information content (AvgIpc) is 1.57. The minimum atomic E-state index is -1.29. The largest absolute Gasteiger partial charge is 0.457 e. The monoisotopic (exact) mass is 1990 g/mol. The van der Waals surface area contributed by atoms with E-state index in [0.29, 0.717) is 195 Å². The summed E-state index contributed by atoms with van der Waals surface area (Å²) in [4.78, 5) is 63.5. The number of carbonyl (C=O) groups excluding carboxylic acids is 5. The van der Waals surface area contributed by atoms with Crippen LogP contribution in [-0.2, 0) is 201 Å². The predicted molar refractivity (Wildman–Crippen MR) is 487 cm³/mol. The fourth-order valence-corrected chi connectivity index (χ4v) is 18.4. The highest BCUT2D eigenvalue weighted by molar-refractivity contribution is 6.45. The molecule has 10 fully saturated rings. The molecule has 15 atom stereocenters. The van der Waals surface area contributed by atoms with Crippen LogP contribution in [0.15, 0.2) is 18.6 Å². The molecule has 0 radical (unpaired) electrons. The van der Waals surface area contributed by atoms with Crippen molar-refractivity contribution in [1.29, 1.82) is 0 Å². The first-order valence-corrected chi connectivity index (χ1v) is 49.5. The number of nitrogens with zero attached hydrogens (tertiary/aromatic N) is 9. The molecule has 0 saturated carbocycles. The highest BCUT2D eigenvalue weighted by atomic mass is 16.8. The van der Waals surface area contributed by atoms with E-state index in [4.69, 9.17) is 137 Å². The van der Waals surface area contributed by atoms with Crippen LogP contribution in [0.25, 0.3) is 0 Å². The van der Waals surface area contributed by atoms with Gasteiger partial charge in [-0.1, -0.05) is 41.3 Å². The van der Waals surface area contributed by atoms with Gasteiger partial charge in [0.1, 0.15) is 100.0 Å². The van der Waals surface area contributed by atoms with Gasteiger partial charge in [-0.05, 0) is 94.8 Å². The number of ketones is 1. The van der Waals surface area contributed by atoms with Crippen LogP contribution in [0.1, 0.15) is 171 Å². The second-order valence-electron chi connectivity index (χ2n) is 39.5. The maximum absolute atomic E-state index is 14.4. The standard InChI is InChI=1S/C92H152BN13O34/c1-64(107)94-72-75-78(133-86(8,9)130-75)90(61-127-81(72)136-90)58-121-46-43-118-40-37-115-34-31-112-28-25-104-49-67(98-101-104)52-124-55-89(97-71(111)23-19-15-14-17-21-70(110)22-18-16-20-24-93-139-84(4,5)85(6,7)140-93,56-125-53-68-50-105(102-99-68)26-29-113-32-35-116-38-41-119-44-47-122-59-91-62-128-82(137-91)73(95-65(2)108)76-79(91)134-87(10,11)131-76)57-126-54-69-51-106(103-100-69)27-30-114-33-36-117-39-42-120-45-48-123-60-92-63-129-83(138-92)74(96-66(3)109)77-80(92)135-88(12,13)132-77/h49-51,72-83H,14-48,52-63H2,1-13H3,(H,94,107)(H,95,108)(H,96,109)(H,97,111)/t72-,73-,74-,75-,76-,77-,78-,79-,80-,81+,82+,83+,90+,91+,92+/m1/s1. The summed E-state index contributed by atoms with van der Waals surface area (Å²) < 4.78 is 181. The van der Waals surface area contributed by atoms with Crippen molar-refractivity contribution in [1.82, 2.24) is 66.2 Å². The molecule has 47 nitrogen and oxygen atoms in total. The molecule has 140 heavy (non-hydrogen) atoms. The predicted octanol–water partition coefficient (Wildman–Crippen LogP) is 2.48. The molecule has 10 saturated heterocycles. The van der Waals surface area contributed by atoms with Gasteiger partial charge in [0.15, 0.2) is 36.2 Å². The van der Waals surface area contributed by atoms with E-state index in [-0.39, 0.29) is 133 Å². The van der Waals surface area contributed by atoms with Gasteiger partial charge in [0.05, 0.1) is 267 Å². The molecule has 13 rings (SSSR count). The SMILES string of the molecule is CC(=O)N[C@H]1[C@H]2OC[C@](COCCOCCOCCOCCn3cc(COCC(COCc4cn(CCOCCOCCOCCOC[C@@]56CO[C@@H](O5)[C@H](NC(C)=O)[C@H]5OC(C)(C)O[C@H]56)nn4)(COCc4cn(CCOCCOCCOCCOC[C@@]56CO[C@@H](O5)[C@H](NC(C)=O)[C@H]5OC(C)(C)O[C@H]56)nn4)NC(=O)CCCCCCC(=O)CCCCCB4OC(C)(C)C(C)(C)O4)nn3)(O2)[C@@H]2OC(C)(C)O[C@H]12. The molecule has 4 N–H and O–H groups in total. The molecule has 6 bridgehead atoms. The number of ether oxygens (including phenoxy) is 27. The van der Waals surface area contributed by atoms with Gasteiger partial charge in [-0.25, -0.2) is 14.0 Å². The van der Waals surface area contributed by atoms with Gasteiger partial charge in [-0.15, -0.1) is 15.3 Å². The summed E-state index contributed by atoms with van der Waals surface area (Å²) in [6.07, 6.45) is 7.71. The summed E-state index contributed by atoms with van der Waals surface area (Å²) in [6, 6.07) is -1.57. The van der Waals surface area contributed by atoms with Gasteiger partial charge in [0, 0.05) is 40.0 Å². The van der Waals surface area contributed by atoms with Gasteiger partial charge >= 0.3 is 7.12 Å². The Kier molecular flexibility index (Phi) is 42.0. The molecule has 0 aromatic carbocycles. The lowest BCUT2D eigenvalue weighted by Crippen LogP contribution is -2.65. The Labute approximate surface area is 818 Å². The zero-order chi connectivity index (χ0) is 99.3. The lowest BCUT2D eigenvalue weighted by molar-refractivity contribution is -0.214. The Bertz CT molecular complexity index is 3910. The molecular formula is C92H152BN13O34. The minimum Gasteiger partial charge on any atom is -0.403 e. The molecule has 0 spiro atoms. The smallest absolute Gasteiger partial charge is 0.403 e. The van der Waals surface area contributed by atoms with E-state index in [0.717, 1.165) is 44.8 Å². The third kappa shape index (κ3) is 32.7. The van der Waals surface area contributed by atoms with Crippen LogP contribution >= 0.6 is 0 Å². The van der Waals surface area contributed by atoms with Crippen molar-refractivity contribution in [3.63, 3.8) is 0 Å². The molecule has 792 valence electrons. The Hall–Kier alpha value is -6.13. The van der Waals surface area contributed by atoms with E-state index in [1.807, 2.05) is 41.5 Å². The lowest BCUT2D eigenvalue weighted by atomic mass is 9.82. The number of unbranched alkanes of at least 4 members (excludes halogenated alkanes) is 5. The molecular weight excluding hydrogens is 1840 g/mol. The summed E-state index contributed by atoms with van der Waals surface area (Å²) >= 11 is 0. The molecule has 10 aliphatic rings. The van der Waals surface area contributed by atoms with Crippen LogP contribution in [0.5, 0.6) is 0 Å². The van der Waals surface area contributed by atoms with Crippen molar-refractivity contribution in [2.75, 3.05) is 198 Å². The van der Waals surface area contributed by atoms with Crippen molar-refractivity contribution in [2.45, 2.75) is 325 Å². The summed E-state index contributed by atoms with van der Waals surface area (Å²) in [5.41, 5.74) is -3.15. The quantitative estimate of drug-likeness (QED) is 0.0466. The lowest BCUT2D eigenvalue weighted by Gasteiger charge is -2.42.